The summed E-state index contributed by atoms with van der Waals surface area (Å²) in [5.41, 5.74) is 9.44. The van der Waals surface area contributed by atoms with Crippen LogP contribution in [0, 0.1) is 0 Å². The Morgan fingerprint density at radius 1 is 1.07 bits per heavy atom. The molecule has 0 aliphatic heterocycles. The molecule has 10 nitrogen and oxygen atoms in total. The fourth-order valence-electron chi connectivity index (χ4n) is 3.42. The molecule has 1 atom stereocenters. The lowest BCUT2D eigenvalue weighted by Crippen LogP contribution is -2.15. The molecule has 0 bridgehead atoms. The third kappa shape index (κ3) is 2.94. The van der Waals surface area contributed by atoms with Crippen LogP contribution in [0.15, 0.2) is 48.8 Å². The monoisotopic (exact) mass is 401 g/mol. The number of nitrogens with zero attached hydrogens (tertiary/aromatic N) is 6. The van der Waals surface area contributed by atoms with Gasteiger partial charge in [0.2, 0.25) is 11.8 Å². The van der Waals surface area contributed by atoms with Gasteiger partial charge >= 0.3 is 0 Å². The SMILES string of the molecule is COc1ccc2nc([C@H](C)Nc3nc(N)nc4[nH]cnc34)n(-c3ccccc3)c2n1. The molecule has 0 aliphatic carbocycles. The van der Waals surface area contributed by atoms with E-state index in [4.69, 9.17) is 15.5 Å². The Hall–Kier alpha value is -4.21. The molecule has 0 amide bonds. The van der Waals surface area contributed by atoms with Crippen molar-refractivity contribution >= 4 is 34.1 Å². The fraction of sp³-hybridized carbons (Fsp3) is 0.150. The summed E-state index contributed by atoms with van der Waals surface area (Å²) in [6, 6.07) is 13.4. The number of fused-ring (bicyclic) bond motifs is 2. The van der Waals surface area contributed by atoms with Crippen molar-refractivity contribution in [2.75, 3.05) is 18.2 Å². The second-order valence-corrected chi connectivity index (χ2v) is 6.73. The zero-order chi connectivity index (χ0) is 20.7. The van der Waals surface area contributed by atoms with Crippen molar-refractivity contribution in [1.29, 1.82) is 0 Å². The molecule has 150 valence electrons. The number of hydrogen-bond donors (Lipinski definition) is 3. The van der Waals surface area contributed by atoms with Crippen LogP contribution in [0.25, 0.3) is 28.0 Å². The number of ether oxygens (including phenoxy) is 1. The van der Waals surface area contributed by atoms with Crippen LogP contribution in [0.2, 0.25) is 0 Å². The van der Waals surface area contributed by atoms with Crippen LogP contribution < -0.4 is 15.8 Å². The zero-order valence-electron chi connectivity index (χ0n) is 16.4. The maximum atomic E-state index is 5.86. The number of H-pyrrole nitrogens is 1. The molecule has 30 heavy (non-hydrogen) atoms. The van der Waals surface area contributed by atoms with Gasteiger partial charge in [0.15, 0.2) is 17.1 Å². The van der Waals surface area contributed by atoms with Crippen molar-refractivity contribution < 1.29 is 4.74 Å². The highest BCUT2D eigenvalue weighted by Crippen LogP contribution is 2.28. The molecule has 4 heterocycles. The van der Waals surface area contributed by atoms with E-state index in [1.807, 2.05) is 47.9 Å². The molecule has 0 saturated carbocycles. The maximum Gasteiger partial charge on any atom is 0.224 e. The number of aromatic amines is 1. The predicted molar refractivity (Wildman–Crippen MR) is 114 cm³/mol. The van der Waals surface area contributed by atoms with Gasteiger partial charge in [0.25, 0.3) is 0 Å². The van der Waals surface area contributed by atoms with E-state index in [1.54, 1.807) is 19.5 Å². The third-order valence-corrected chi connectivity index (χ3v) is 4.77. The highest BCUT2D eigenvalue weighted by atomic mass is 16.5. The minimum absolute atomic E-state index is 0.157. The Morgan fingerprint density at radius 3 is 2.70 bits per heavy atom. The van der Waals surface area contributed by atoms with Gasteiger partial charge in [0.05, 0.1) is 19.5 Å². The summed E-state index contributed by atoms with van der Waals surface area (Å²) < 4.78 is 7.32. The van der Waals surface area contributed by atoms with Gasteiger partial charge in [-0.15, -0.1) is 0 Å². The molecule has 0 radical (unpaired) electrons. The van der Waals surface area contributed by atoms with Gasteiger partial charge in [-0.25, -0.2) is 9.97 Å². The Morgan fingerprint density at radius 2 is 1.90 bits per heavy atom. The van der Waals surface area contributed by atoms with E-state index < -0.39 is 0 Å². The summed E-state index contributed by atoms with van der Waals surface area (Å²) in [7, 11) is 1.59. The quantitative estimate of drug-likeness (QED) is 0.409. The first-order valence-electron chi connectivity index (χ1n) is 9.36. The molecule has 0 aliphatic rings. The summed E-state index contributed by atoms with van der Waals surface area (Å²) >= 11 is 0. The number of aromatic nitrogens is 7. The molecule has 4 aromatic heterocycles. The first-order chi connectivity index (χ1) is 14.6. The number of imidazole rings is 2. The summed E-state index contributed by atoms with van der Waals surface area (Å²) in [4.78, 5) is 25.2. The van der Waals surface area contributed by atoms with E-state index >= 15 is 0 Å². The third-order valence-electron chi connectivity index (χ3n) is 4.77. The number of nitrogens with two attached hydrogens (primary N) is 1. The van der Waals surface area contributed by atoms with Gasteiger partial charge in [0, 0.05) is 11.8 Å². The van der Waals surface area contributed by atoms with Crippen molar-refractivity contribution in [3.63, 3.8) is 0 Å². The van der Waals surface area contributed by atoms with Crippen molar-refractivity contribution in [2.45, 2.75) is 13.0 Å². The second-order valence-electron chi connectivity index (χ2n) is 6.73. The average molecular weight is 401 g/mol. The molecule has 0 fully saturated rings. The predicted octanol–water partition coefficient (Wildman–Crippen LogP) is 2.85. The number of benzene rings is 1. The number of para-hydroxylation sites is 1. The number of pyridine rings is 1. The first-order valence-corrected chi connectivity index (χ1v) is 9.36. The van der Waals surface area contributed by atoms with Gasteiger partial charge in [-0.05, 0) is 25.1 Å². The van der Waals surface area contributed by atoms with Crippen LogP contribution in [0.5, 0.6) is 5.88 Å². The molecule has 5 aromatic rings. The Bertz CT molecular complexity index is 1340. The van der Waals surface area contributed by atoms with E-state index in [0.717, 1.165) is 17.0 Å². The molecule has 0 unspecified atom stereocenters. The second kappa shape index (κ2) is 6.99. The van der Waals surface area contributed by atoms with Crippen LogP contribution >= 0.6 is 0 Å². The number of methoxy groups -OCH3 is 1. The molecule has 0 spiro atoms. The molecule has 5 rings (SSSR count). The molecule has 0 saturated heterocycles. The van der Waals surface area contributed by atoms with Crippen molar-refractivity contribution in [2.24, 2.45) is 0 Å². The number of rotatable bonds is 5. The average Bonchev–Trinajstić information content (AvgIpc) is 3.38. The van der Waals surface area contributed by atoms with Crippen LogP contribution in [0.3, 0.4) is 0 Å². The topological polar surface area (TPSA) is 132 Å². The molecule has 1 aromatic carbocycles. The number of nitrogen functional groups attached to an aromatic ring is 1. The number of anilines is 2. The van der Waals surface area contributed by atoms with E-state index in [0.29, 0.717) is 28.5 Å². The minimum Gasteiger partial charge on any atom is -0.481 e. The Balaban J connectivity index is 1.65. The standard InChI is InChI=1S/C20H19N9O/c1-11(24-17-15-16(23-10-22-15)27-20(21)28-17)18-25-13-8-9-14(30-2)26-19(13)29(18)12-6-4-3-5-7-12/h3-11H,1-2H3,(H4,21,22,23,24,27,28)/t11-/m0/s1. The van der Waals surface area contributed by atoms with E-state index in [9.17, 15) is 0 Å². The van der Waals surface area contributed by atoms with Crippen molar-refractivity contribution in [3.05, 3.63) is 54.6 Å². The zero-order valence-corrected chi connectivity index (χ0v) is 16.4. The number of nitrogens with one attached hydrogen (secondary N) is 2. The lowest BCUT2D eigenvalue weighted by Gasteiger charge is -2.17. The summed E-state index contributed by atoms with van der Waals surface area (Å²) in [6.07, 6.45) is 1.56. The highest BCUT2D eigenvalue weighted by Gasteiger charge is 2.21. The van der Waals surface area contributed by atoms with Crippen molar-refractivity contribution in [1.82, 2.24) is 34.5 Å². The van der Waals surface area contributed by atoms with Crippen molar-refractivity contribution in [3.8, 4) is 11.6 Å². The minimum atomic E-state index is -0.236. The van der Waals surface area contributed by atoms with Crippen LogP contribution in [0.1, 0.15) is 18.8 Å². The molecular formula is C20H19N9O. The van der Waals surface area contributed by atoms with Crippen LogP contribution in [-0.2, 0) is 0 Å². The van der Waals surface area contributed by atoms with E-state index in [1.165, 1.54) is 0 Å². The Kier molecular flexibility index (Phi) is 4.16. The van der Waals surface area contributed by atoms with Gasteiger partial charge in [-0.1, -0.05) is 18.2 Å². The Labute approximate surface area is 171 Å². The van der Waals surface area contributed by atoms with Gasteiger partial charge in [-0.2, -0.15) is 15.0 Å². The highest BCUT2D eigenvalue weighted by molar-refractivity contribution is 5.83. The lowest BCUT2D eigenvalue weighted by atomic mass is 10.2. The smallest absolute Gasteiger partial charge is 0.224 e. The fourth-order valence-corrected chi connectivity index (χ4v) is 3.42. The molecule has 4 N–H and O–H groups in total. The molecule has 10 heteroatoms. The number of hydrogen-bond acceptors (Lipinski definition) is 8. The van der Waals surface area contributed by atoms with Gasteiger partial charge < -0.3 is 20.8 Å². The largest absolute Gasteiger partial charge is 0.481 e. The maximum absolute atomic E-state index is 5.86. The summed E-state index contributed by atoms with van der Waals surface area (Å²) in [6.45, 7) is 1.99. The summed E-state index contributed by atoms with van der Waals surface area (Å²) in [5, 5.41) is 3.37. The van der Waals surface area contributed by atoms with Gasteiger partial charge in [-0.3, -0.25) is 4.57 Å². The normalized spacial score (nSPS) is 12.3. The molecular weight excluding hydrogens is 382 g/mol. The van der Waals surface area contributed by atoms with Gasteiger partial charge in [0.1, 0.15) is 16.9 Å². The lowest BCUT2D eigenvalue weighted by molar-refractivity contribution is 0.399. The van der Waals surface area contributed by atoms with E-state index in [-0.39, 0.29) is 12.0 Å². The van der Waals surface area contributed by atoms with E-state index in [2.05, 4.69) is 30.2 Å². The summed E-state index contributed by atoms with van der Waals surface area (Å²) in [5.74, 6) is 1.97. The van der Waals surface area contributed by atoms with Crippen LogP contribution in [-0.4, -0.2) is 41.6 Å². The van der Waals surface area contributed by atoms with Crippen LogP contribution in [0.4, 0.5) is 11.8 Å². The first kappa shape index (κ1) is 17.9.